The number of aliphatic hydroxyl groups excluding tert-OH is 1. The average molecular weight is 220 g/mol. The first-order valence-corrected chi connectivity index (χ1v) is 5.56. The zero-order chi connectivity index (χ0) is 11.4. The third-order valence-electron chi connectivity index (χ3n) is 2.68. The maximum Gasteiger partial charge on any atom is 0.242 e. The van der Waals surface area contributed by atoms with Crippen LogP contribution in [0, 0.1) is 0 Å². The monoisotopic (exact) mass is 220 g/mol. The molecule has 1 amide bonds. The number of amides is 1. The van der Waals surface area contributed by atoms with Crippen LogP contribution in [-0.4, -0.2) is 35.7 Å². The van der Waals surface area contributed by atoms with Crippen LogP contribution in [0.1, 0.15) is 12.8 Å². The number of rotatable bonds is 4. The molecule has 0 saturated carbocycles. The van der Waals surface area contributed by atoms with Crippen LogP contribution in [-0.2, 0) is 4.79 Å². The molecule has 1 aromatic rings. The van der Waals surface area contributed by atoms with Gasteiger partial charge in [-0.25, -0.2) is 10.0 Å². The fourth-order valence-electron chi connectivity index (χ4n) is 1.93. The van der Waals surface area contributed by atoms with E-state index < -0.39 is 0 Å². The van der Waals surface area contributed by atoms with Crippen molar-refractivity contribution in [1.29, 1.82) is 0 Å². The van der Waals surface area contributed by atoms with E-state index in [0.717, 1.165) is 18.8 Å². The van der Waals surface area contributed by atoms with Crippen molar-refractivity contribution >= 4 is 11.6 Å². The number of para-hydroxylation sites is 1. The smallest absolute Gasteiger partial charge is 0.242 e. The Hall–Kier alpha value is -1.39. The van der Waals surface area contributed by atoms with Gasteiger partial charge in [-0.1, -0.05) is 18.2 Å². The SMILES string of the molecule is O=C1CCN(CCCO)N1c1ccccc1. The molecule has 4 heteroatoms. The van der Waals surface area contributed by atoms with Crippen LogP contribution >= 0.6 is 0 Å². The van der Waals surface area contributed by atoms with Gasteiger partial charge in [0.15, 0.2) is 0 Å². The molecule has 1 aliphatic rings. The van der Waals surface area contributed by atoms with E-state index >= 15 is 0 Å². The van der Waals surface area contributed by atoms with Gasteiger partial charge in [0, 0.05) is 26.1 Å². The van der Waals surface area contributed by atoms with Gasteiger partial charge in [0.1, 0.15) is 0 Å². The third kappa shape index (κ3) is 2.23. The molecular weight excluding hydrogens is 204 g/mol. The first kappa shape index (κ1) is 11.1. The molecule has 0 aliphatic carbocycles. The van der Waals surface area contributed by atoms with Gasteiger partial charge in [-0.05, 0) is 18.6 Å². The van der Waals surface area contributed by atoms with Crippen molar-refractivity contribution < 1.29 is 9.90 Å². The van der Waals surface area contributed by atoms with Crippen LogP contribution in [0.5, 0.6) is 0 Å². The molecule has 1 heterocycles. The molecule has 0 unspecified atom stereocenters. The van der Waals surface area contributed by atoms with E-state index in [1.54, 1.807) is 5.01 Å². The minimum Gasteiger partial charge on any atom is -0.396 e. The molecule has 1 aliphatic heterocycles. The minimum absolute atomic E-state index is 0.129. The van der Waals surface area contributed by atoms with Gasteiger partial charge in [-0.2, -0.15) is 0 Å². The second kappa shape index (κ2) is 5.09. The summed E-state index contributed by atoms with van der Waals surface area (Å²) < 4.78 is 0. The van der Waals surface area contributed by atoms with E-state index in [9.17, 15) is 4.79 Å². The van der Waals surface area contributed by atoms with Gasteiger partial charge in [0.25, 0.3) is 0 Å². The van der Waals surface area contributed by atoms with E-state index in [-0.39, 0.29) is 12.5 Å². The molecule has 0 bridgehead atoms. The highest BCUT2D eigenvalue weighted by molar-refractivity contribution is 5.94. The summed E-state index contributed by atoms with van der Waals surface area (Å²) in [6, 6.07) is 9.63. The summed E-state index contributed by atoms with van der Waals surface area (Å²) in [5.74, 6) is 0.129. The van der Waals surface area contributed by atoms with Crippen LogP contribution in [0.4, 0.5) is 5.69 Å². The van der Waals surface area contributed by atoms with Crippen molar-refractivity contribution in [3.63, 3.8) is 0 Å². The Balaban J connectivity index is 2.13. The van der Waals surface area contributed by atoms with E-state index in [1.165, 1.54) is 0 Å². The zero-order valence-electron chi connectivity index (χ0n) is 9.17. The Labute approximate surface area is 95.1 Å². The Morgan fingerprint density at radius 1 is 1.25 bits per heavy atom. The van der Waals surface area contributed by atoms with Crippen molar-refractivity contribution in [2.45, 2.75) is 12.8 Å². The lowest BCUT2D eigenvalue weighted by Gasteiger charge is -2.27. The number of carbonyl (C=O) groups excluding carboxylic acids is 1. The molecule has 16 heavy (non-hydrogen) atoms. The average Bonchev–Trinajstić information content (AvgIpc) is 2.69. The predicted molar refractivity (Wildman–Crippen MR) is 61.8 cm³/mol. The quantitative estimate of drug-likeness (QED) is 0.824. The van der Waals surface area contributed by atoms with E-state index in [1.807, 2.05) is 35.3 Å². The molecule has 2 rings (SSSR count). The highest BCUT2D eigenvalue weighted by atomic mass is 16.3. The minimum atomic E-state index is 0.129. The van der Waals surface area contributed by atoms with Gasteiger partial charge in [0.2, 0.25) is 5.91 Å². The number of hydrogen-bond donors (Lipinski definition) is 1. The molecule has 1 aromatic carbocycles. The first-order valence-electron chi connectivity index (χ1n) is 5.56. The molecule has 4 nitrogen and oxygen atoms in total. The summed E-state index contributed by atoms with van der Waals surface area (Å²) >= 11 is 0. The number of nitrogens with zero attached hydrogens (tertiary/aromatic N) is 2. The largest absolute Gasteiger partial charge is 0.396 e. The molecular formula is C12H16N2O2. The number of carbonyl (C=O) groups is 1. The normalized spacial score (nSPS) is 17.1. The molecule has 0 spiro atoms. The molecule has 1 saturated heterocycles. The van der Waals surface area contributed by atoms with Crippen molar-refractivity contribution in [3.05, 3.63) is 30.3 Å². The fourth-order valence-corrected chi connectivity index (χ4v) is 1.93. The zero-order valence-corrected chi connectivity index (χ0v) is 9.17. The number of hydrogen-bond acceptors (Lipinski definition) is 3. The van der Waals surface area contributed by atoms with Crippen LogP contribution in [0.3, 0.4) is 0 Å². The van der Waals surface area contributed by atoms with Gasteiger partial charge in [-0.3, -0.25) is 4.79 Å². The summed E-state index contributed by atoms with van der Waals surface area (Å²) in [5.41, 5.74) is 0.905. The highest BCUT2D eigenvalue weighted by Gasteiger charge is 2.29. The molecule has 0 aromatic heterocycles. The second-order valence-electron chi connectivity index (χ2n) is 3.82. The lowest BCUT2D eigenvalue weighted by atomic mass is 10.3. The number of benzene rings is 1. The predicted octanol–water partition coefficient (Wildman–Crippen LogP) is 1.02. The van der Waals surface area contributed by atoms with Gasteiger partial charge in [-0.15, -0.1) is 0 Å². The Morgan fingerprint density at radius 3 is 2.69 bits per heavy atom. The van der Waals surface area contributed by atoms with Crippen LogP contribution in [0.25, 0.3) is 0 Å². The maximum absolute atomic E-state index is 11.8. The third-order valence-corrected chi connectivity index (χ3v) is 2.68. The van der Waals surface area contributed by atoms with Gasteiger partial charge >= 0.3 is 0 Å². The van der Waals surface area contributed by atoms with Gasteiger partial charge in [0.05, 0.1) is 5.69 Å². The second-order valence-corrected chi connectivity index (χ2v) is 3.82. The summed E-state index contributed by atoms with van der Waals surface area (Å²) in [6.45, 7) is 1.62. The number of aliphatic hydroxyl groups is 1. The summed E-state index contributed by atoms with van der Waals surface area (Å²) in [6.07, 6.45) is 1.25. The maximum atomic E-state index is 11.8. The lowest BCUT2D eigenvalue weighted by molar-refractivity contribution is -0.118. The molecule has 1 N–H and O–H groups in total. The Morgan fingerprint density at radius 2 is 2.00 bits per heavy atom. The van der Waals surface area contributed by atoms with Crippen LogP contribution in [0.15, 0.2) is 30.3 Å². The van der Waals surface area contributed by atoms with E-state index in [2.05, 4.69) is 0 Å². The lowest BCUT2D eigenvalue weighted by Crippen LogP contribution is -2.39. The van der Waals surface area contributed by atoms with Crippen molar-refractivity contribution in [3.8, 4) is 0 Å². The van der Waals surface area contributed by atoms with Gasteiger partial charge < -0.3 is 5.11 Å². The summed E-state index contributed by atoms with van der Waals surface area (Å²) in [4.78, 5) is 11.8. The van der Waals surface area contributed by atoms with Crippen molar-refractivity contribution in [2.75, 3.05) is 24.7 Å². The highest BCUT2D eigenvalue weighted by Crippen LogP contribution is 2.22. The molecule has 86 valence electrons. The molecule has 0 radical (unpaired) electrons. The van der Waals surface area contributed by atoms with Crippen molar-refractivity contribution in [2.24, 2.45) is 0 Å². The topological polar surface area (TPSA) is 43.8 Å². The Bertz CT molecular complexity index is 353. The van der Waals surface area contributed by atoms with Crippen molar-refractivity contribution in [1.82, 2.24) is 5.01 Å². The molecule has 0 atom stereocenters. The first-order chi connectivity index (χ1) is 7.83. The number of anilines is 1. The standard InChI is InChI=1S/C12H16N2O2/c15-10-4-8-13-9-7-12(16)14(13)11-5-2-1-3-6-11/h1-3,5-6,15H,4,7-10H2. The van der Waals surface area contributed by atoms with E-state index in [4.69, 9.17) is 5.11 Å². The number of hydrazine groups is 1. The Kier molecular flexibility index (Phi) is 3.54. The fraction of sp³-hybridized carbons (Fsp3) is 0.417. The molecule has 1 fully saturated rings. The summed E-state index contributed by atoms with van der Waals surface area (Å²) in [5, 5.41) is 12.5. The van der Waals surface area contributed by atoms with E-state index in [0.29, 0.717) is 12.8 Å². The summed E-state index contributed by atoms with van der Waals surface area (Å²) in [7, 11) is 0. The van der Waals surface area contributed by atoms with Crippen LogP contribution in [0.2, 0.25) is 0 Å². The van der Waals surface area contributed by atoms with Crippen LogP contribution < -0.4 is 5.01 Å².